The summed E-state index contributed by atoms with van der Waals surface area (Å²) in [4.78, 5) is 22.2. The van der Waals surface area contributed by atoms with Crippen LogP contribution in [-0.2, 0) is 12.8 Å². The molecule has 2 fully saturated rings. The van der Waals surface area contributed by atoms with E-state index in [4.69, 9.17) is 11.6 Å². The van der Waals surface area contributed by atoms with Crippen molar-refractivity contribution in [3.05, 3.63) is 70.4 Å². The summed E-state index contributed by atoms with van der Waals surface area (Å²) in [5, 5.41) is 18.7. The van der Waals surface area contributed by atoms with E-state index < -0.39 is 0 Å². The fourth-order valence-electron chi connectivity index (χ4n) is 6.90. The highest BCUT2D eigenvalue weighted by Crippen LogP contribution is 2.34. The molecule has 3 aliphatic rings. The fourth-order valence-corrected chi connectivity index (χ4v) is 7.16. The summed E-state index contributed by atoms with van der Waals surface area (Å²) in [5.41, 5.74) is 8.01. The lowest BCUT2D eigenvalue weighted by Crippen LogP contribution is -2.40. The third-order valence-electron chi connectivity index (χ3n) is 9.34. The molecular weight excluding hydrogens is 534 g/mol. The van der Waals surface area contributed by atoms with Crippen molar-refractivity contribution in [3.63, 3.8) is 0 Å². The van der Waals surface area contributed by atoms with Crippen LogP contribution in [-0.4, -0.2) is 74.3 Å². The van der Waals surface area contributed by atoms with Crippen LogP contribution in [0.1, 0.15) is 60.0 Å². The summed E-state index contributed by atoms with van der Waals surface area (Å²) in [7, 11) is 0. The molecule has 4 aromatic rings. The Bertz CT molecular complexity index is 1590. The monoisotopic (exact) mass is 569 g/mol. The second-order valence-electron chi connectivity index (χ2n) is 11.9. The molecule has 2 saturated heterocycles. The molecule has 4 heterocycles. The molecule has 2 aliphatic heterocycles. The van der Waals surface area contributed by atoms with E-state index in [1.807, 2.05) is 18.3 Å². The number of piperidine rings is 1. The van der Waals surface area contributed by atoms with E-state index in [0.717, 1.165) is 35.0 Å². The Morgan fingerprint density at radius 2 is 1.63 bits per heavy atom. The zero-order valence-corrected chi connectivity index (χ0v) is 24.0. The maximum absolute atomic E-state index is 13.1. The number of hydrogen-bond acceptors (Lipinski definition) is 5. The number of fused-ring (bicyclic) bond motifs is 2. The van der Waals surface area contributed by atoms with E-state index in [-0.39, 0.29) is 12.0 Å². The first kappa shape index (κ1) is 26.6. The summed E-state index contributed by atoms with van der Waals surface area (Å²) >= 11 is 6.65. The average Bonchev–Trinajstić information content (AvgIpc) is 3.63. The van der Waals surface area contributed by atoms with Crippen LogP contribution < -0.4 is 0 Å². The van der Waals surface area contributed by atoms with Crippen molar-refractivity contribution in [1.82, 2.24) is 25.0 Å². The Labute approximate surface area is 245 Å². The first-order chi connectivity index (χ1) is 20.0. The molecule has 0 spiro atoms. The molecule has 0 radical (unpaired) electrons. The molecular formula is C33H36ClN5O2. The minimum Gasteiger partial charge on any atom is -0.393 e. The first-order valence-corrected chi connectivity index (χ1v) is 15.4. The van der Waals surface area contributed by atoms with Gasteiger partial charge in [-0.25, -0.2) is 4.98 Å². The highest BCUT2D eigenvalue weighted by molar-refractivity contribution is 6.34. The number of carbonyl (C=O) groups is 1. The van der Waals surface area contributed by atoms with Crippen LogP contribution in [0.5, 0.6) is 0 Å². The number of carbonyl (C=O) groups excluding carboxylic acids is 1. The predicted octanol–water partition coefficient (Wildman–Crippen LogP) is 5.89. The van der Waals surface area contributed by atoms with E-state index in [9.17, 15) is 9.90 Å². The number of aryl methyl sites for hydroxylation is 2. The molecule has 41 heavy (non-hydrogen) atoms. The molecule has 2 aromatic heterocycles. The van der Waals surface area contributed by atoms with E-state index in [0.29, 0.717) is 48.2 Å². The maximum atomic E-state index is 13.1. The Balaban J connectivity index is 1.14. The highest BCUT2D eigenvalue weighted by atomic mass is 35.5. The number of aromatic amines is 1. The van der Waals surface area contributed by atoms with Crippen LogP contribution >= 0.6 is 11.6 Å². The lowest BCUT2D eigenvalue weighted by atomic mass is 9.96. The largest absolute Gasteiger partial charge is 0.393 e. The lowest BCUT2D eigenvalue weighted by Gasteiger charge is -2.29. The number of pyridine rings is 1. The number of halogens is 1. The van der Waals surface area contributed by atoms with Crippen molar-refractivity contribution in [1.29, 1.82) is 0 Å². The molecule has 0 saturated carbocycles. The number of aromatic nitrogens is 3. The minimum absolute atomic E-state index is 0.0955. The van der Waals surface area contributed by atoms with Crippen molar-refractivity contribution in [2.24, 2.45) is 0 Å². The molecule has 8 heteroatoms. The molecule has 1 aliphatic carbocycles. The van der Waals surface area contributed by atoms with E-state index in [2.05, 4.69) is 44.3 Å². The van der Waals surface area contributed by atoms with Gasteiger partial charge < -0.3 is 14.9 Å². The number of benzene rings is 2. The van der Waals surface area contributed by atoms with Crippen LogP contribution in [0, 0.1) is 0 Å². The van der Waals surface area contributed by atoms with Crippen LogP contribution in [0.3, 0.4) is 0 Å². The second kappa shape index (κ2) is 11.2. The smallest absolute Gasteiger partial charge is 0.255 e. The van der Waals surface area contributed by atoms with Gasteiger partial charge in [0.1, 0.15) is 0 Å². The van der Waals surface area contributed by atoms with Gasteiger partial charge in [-0.3, -0.25) is 9.89 Å². The minimum atomic E-state index is -0.331. The summed E-state index contributed by atoms with van der Waals surface area (Å²) in [6.45, 7) is 3.61. The molecule has 0 bridgehead atoms. The van der Waals surface area contributed by atoms with Crippen molar-refractivity contribution < 1.29 is 9.90 Å². The summed E-state index contributed by atoms with van der Waals surface area (Å²) in [6, 6.07) is 15.3. The van der Waals surface area contributed by atoms with E-state index in [1.165, 1.54) is 55.5 Å². The molecule has 1 unspecified atom stereocenters. The number of nitrogens with one attached hydrogen (secondary N) is 1. The number of rotatable bonds is 4. The maximum Gasteiger partial charge on any atom is 0.255 e. The van der Waals surface area contributed by atoms with Crippen molar-refractivity contribution >= 4 is 28.5 Å². The van der Waals surface area contributed by atoms with Crippen LogP contribution in [0.4, 0.5) is 0 Å². The van der Waals surface area contributed by atoms with Gasteiger partial charge in [0.25, 0.3) is 5.91 Å². The lowest BCUT2D eigenvalue weighted by molar-refractivity contribution is 0.0546. The van der Waals surface area contributed by atoms with Gasteiger partial charge in [-0.05, 0) is 99.3 Å². The van der Waals surface area contributed by atoms with Gasteiger partial charge in [-0.1, -0.05) is 35.9 Å². The van der Waals surface area contributed by atoms with Gasteiger partial charge in [0.15, 0.2) is 5.65 Å². The van der Waals surface area contributed by atoms with E-state index >= 15 is 0 Å². The zero-order valence-electron chi connectivity index (χ0n) is 23.3. The second-order valence-corrected chi connectivity index (χ2v) is 12.3. The standard InChI is InChI=1S/C33H36ClN5O2/c34-30-19-24(7-10-28(30)33(41)39-15-11-27(40)12-16-39)31-29-18-25(20-35-32(29)37-36-31)23-4-3-21-5-8-26(9-6-22(21)17-23)38-13-1-2-14-38/h3-4,7,10,17-20,26-27,40H,1-2,5-6,8-9,11-16H2,(H,35,36,37). The number of likely N-dealkylation sites (tertiary alicyclic amines) is 2. The van der Waals surface area contributed by atoms with Crippen LogP contribution in [0.2, 0.25) is 5.02 Å². The van der Waals surface area contributed by atoms with Gasteiger partial charge in [-0.15, -0.1) is 0 Å². The first-order valence-electron chi connectivity index (χ1n) is 15.0. The van der Waals surface area contributed by atoms with Gasteiger partial charge >= 0.3 is 0 Å². The highest BCUT2D eigenvalue weighted by Gasteiger charge is 2.26. The molecule has 7 rings (SSSR count). The summed E-state index contributed by atoms with van der Waals surface area (Å²) in [6.07, 6.45) is 10.2. The quantitative estimate of drug-likeness (QED) is 0.300. The molecule has 1 atom stereocenters. The molecule has 2 aromatic carbocycles. The topological polar surface area (TPSA) is 85.4 Å². The third kappa shape index (κ3) is 5.27. The summed E-state index contributed by atoms with van der Waals surface area (Å²) < 4.78 is 0. The van der Waals surface area contributed by atoms with E-state index in [1.54, 1.807) is 11.0 Å². The Morgan fingerprint density at radius 1 is 0.878 bits per heavy atom. The molecule has 1 amide bonds. The normalized spacial score (nSPS) is 20.3. The van der Waals surface area contributed by atoms with Crippen molar-refractivity contribution in [2.45, 2.75) is 63.5 Å². The SMILES string of the molecule is O=C(c1ccc(-c2[nH]nc3ncc(-c4ccc5c(c4)CCC(N4CCCC4)CC5)cc23)cc1Cl)N1CCC(O)CC1. The molecule has 2 N–H and O–H groups in total. The number of aliphatic hydroxyl groups excluding tert-OH is 1. The summed E-state index contributed by atoms with van der Waals surface area (Å²) in [5.74, 6) is -0.0955. The molecule has 212 valence electrons. The number of nitrogens with zero attached hydrogens (tertiary/aromatic N) is 4. The van der Waals surface area contributed by atoms with Crippen LogP contribution in [0.15, 0.2) is 48.7 Å². The fraction of sp³-hybridized carbons (Fsp3) is 0.424. The third-order valence-corrected chi connectivity index (χ3v) is 9.65. The van der Waals surface area contributed by atoms with Gasteiger partial charge in [0.2, 0.25) is 0 Å². The number of aliphatic hydroxyl groups is 1. The predicted molar refractivity (Wildman–Crippen MR) is 162 cm³/mol. The molecule has 7 nitrogen and oxygen atoms in total. The number of hydrogen-bond donors (Lipinski definition) is 2. The van der Waals surface area contributed by atoms with Crippen molar-refractivity contribution in [3.8, 4) is 22.4 Å². The Kier molecular flexibility index (Phi) is 7.27. The van der Waals surface area contributed by atoms with Gasteiger partial charge in [-0.2, -0.15) is 5.10 Å². The van der Waals surface area contributed by atoms with Gasteiger partial charge in [0.05, 0.1) is 22.4 Å². The average molecular weight is 570 g/mol. The Morgan fingerprint density at radius 3 is 2.41 bits per heavy atom. The zero-order chi connectivity index (χ0) is 27.9. The number of H-pyrrole nitrogens is 1. The van der Waals surface area contributed by atoms with Crippen LogP contribution in [0.25, 0.3) is 33.4 Å². The Hall–Kier alpha value is -3.26. The van der Waals surface area contributed by atoms with Gasteiger partial charge in [0, 0.05) is 41.8 Å². The number of amides is 1. The van der Waals surface area contributed by atoms with Crippen molar-refractivity contribution in [2.75, 3.05) is 26.2 Å².